The average Bonchev–Trinajstić information content (AvgIpc) is 2.27. The summed E-state index contributed by atoms with van der Waals surface area (Å²) in [5.41, 5.74) is 5.54. The van der Waals surface area contributed by atoms with E-state index in [1.54, 1.807) is 31.2 Å². The molecule has 5 nitrogen and oxygen atoms in total. The number of aliphatic hydroxyl groups excluding tert-OH is 1. The van der Waals surface area contributed by atoms with Gasteiger partial charge in [-0.1, -0.05) is 18.2 Å². The van der Waals surface area contributed by atoms with Crippen molar-refractivity contribution in [3.05, 3.63) is 30.3 Å². The molecule has 0 saturated heterocycles. The third-order valence-electron chi connectivity index (χ3n) is 2.06. The highest BCUT2D eigenvalue weighted by Gasteiger charge is 2.11. The second kappa shape index (κ2) is 6.09. The van der Waals surface area contributed by atoms with Crippen molar-refractivity contribution in [2.75, 3.05) is 6.54 Å². The fourth-order valence-corrected chi connectivity index (χ4v) is 1.00. The largest absolute Gasteiger partial charge is 0.412 e. The molecule has 1 aromatic carbocycles. The molecule has 0 radical (unpaired) electrons. The fraction of sp³-hybridized carbons (Fsp3) is 0.364. The molecule has 0 aliphatic carbocycles. The van der Waals surface area contributed by atoms with Gasteiger partial charge in [-0.25, -0.2) is 4.79 Å². The van der Waals surface area contributed by atoms with Gasteiger partial charge >= 0.3 is 6.09 Å². The molecule has 88 valence electrons. The molecule has 0 saturated carbocycles. The van der Waals surface area contributed by atoms with Crippen LogP contribution in [0.15, 0.2) is 30.3 Å². The number of carbonyl (C=O) groups excluding carboxylic acids is 1. The molecule has 5 heteroatoms. The van der Waals surface area contributed by atoms with Crippen LogP contribution in [0.1, 0.15) is 6.92 Å². The summed E-state index contributed by atoms with van der Waals surface area (Å²) < 4.78 is 4.96. The van der Waals surface area contributed by atoms with Crippen LogP contribution in [0, 0.1) is 0 Å². The molecule has 4 N–H and O–H groups in total. The Kier molecular flexibility index (Phi) is 4.75. The summed E-state index contributed by atoms with van der Waals surface area (Å²) >= 11 is 0. The predicted octanol–water partition coefficient (Wildman–Crippen LogP) is 0.483. The van der Waals surface area contributed by atoms with E-state index >= 15 is 0 Å². The molecule has 1 rings (SSSR count). The van der Waals surface area contributed by atoms with Gasteiger partial charge < -0.3 is 20.9 Å². The first-order valence-corrected chi connectivity index (χ1v) is 5.04. The second-order valence-corrected chi connectivity index (χ2v) is 3.49. The van der Waals surface area contributed by atoms with Gasteiger partial charge in [0.25, 0.3) is 0 Å². The van der Waals surface area contributed by atoms with Crippen LogP contribution in [0.5, 0.6) is 5.75 Å². The van der Waals surface area contributed by atoms with Crippen LogP contribution in [-0.2, 0) is 0 Å². The lowest BCUT2D eigenvalue weighted by atomic mass is 10.2. The van der Waals surface area contributed by atoms with Crippen molar-refractivity contribution in [3.63, 3.8) is 0 Å². The van der Waals surface area contributed by atoms with E-state index in [0.29, 0.717) is 5.75 Å². The summed E-state index contributed by atoms with van der Waals surface area (Å²) in [6.07, 6.45) is -1.25. The Morgan fingerprint density at radius 1 is 1.50 bits per heavy atom. The lowest BCUT2D eigenvalue weighted by molar-refractivity contribution is 0.158. The molecule has 0 spiro atoms. The number of carbonyl (C=O) groups is 1. The van der Waals surface area contributed by atoms with E-state index in [1.807, 2.05) is 6.07 Å². The minimum Gasteiger partial charge on any atom is -0.410 e. The van der Waals surface area contributed by atoms with Gasteiger partial charge in [-0.15, -0.1) is 0 Å². The first-order chi connectivity index (χ1) is 7.59. The Morgan fingerprint density at radius 3 is 2.69 bits per heavy atom. The first-order valence-electron chi connectivity index (χ1n) is 5.04. The van der Waals surface area contributed by atoms with Gasteiger partial charge in [-0.05, 0) is 19.1 Å². The summed E-state index contributed by atoms with van der Waals surface area (Å²) in [6, 6.07) is 8.22. The van der Waals surface area contributed by atoms with E-state index in [4.69, 9.17) is 15.6 Å². The van der Waals surface area contributed by atoms with Crippen molar-refractivity contribution in [1.82, 2.24) is 5.32 Å². The van der Waals surface area contributed by atoms with E-state index in [2.05, 4.69) is 5.32 Å². The SMILES string of the molecule is CC(O)C(N)CNC(=O)Oc1ccccc1. The molecule has 16 heavy (non-hydrogen) atoms. The Bertz CT molecular complexity index is 327. The minimum absolute atomic E-state index is 0.170. The maximum Gasteiger partial charge on any atom is 0.412 e. The number of nitrogens with one attached hydrogen (secondary N) is 1. The number of benzene rings is 1. The van der Waals surface area contributed by atoms with Gasteiger partial charge in [0.1, 0.15) is 5.75 Å². The zero-order valence-electron chi connectivity index (χ0n) is 9.09. The Hall–Kier alpha value is -1.59. The van der Waals surface area contributed by atoms with Crippen molar-refractivity contribution >= 4 is 6.09 Å². The lowest BCUT2D eigenvalue weighted by Gasteiger charge is -2.14. The van der Waals surface area contributed by atoms with Gasteiger partial charge in [0, 0.05) is 12.6 Å². The van der Waals surface area contributed by atoms with Crippen LogP contribution in [-0.4, -0.2) is 29.9 Å². The van der Waals surface area contributed by atoms with Crippen LogP contribution < -0.4 is 15.8 Å². The quantitative estimate of drug-likeness (QED) is 0.694. The average molecular weight is 224 g/mol. The smallest absolute Gasteiger partial charge is 0.410 e. The van der Waals surface area contributed by atoms with Crippen molar-refractivity contribution in [1.29, 1.82) is 0 Å². The standard InChI is InChI=1S/C11H16N2O3/c1-8(14)10(12)7-13-11(15)16-9-5-3-2-4-6-9/h2-6,8,10,14H,7,12H2,1H3,(H,13,15). The number of aliphatic hydroxyl groups is 1. The summed E-state index contributed by atoms with van der Waals surface area (Å²) in [4.78, 5) is 11.3. The van der Waals surface area contributed by atoms with E-state index in [0.717, 1.165) is 0 Å². The van der Waals surface area contributed by atoms with Crippen molar-refractivity contribution in [3.8, 4) is 5.75 Å². The minimum atomic E-state index is -0.669. The number of rotatable bonds is 4. The van der Waals surface area contributed by atoms with Crippen molar-refractivity contribution < 1.29 is 14.6 Å². The van der Waals surface area contributed by atoms with Crippen LogP contribution in [0.3, 0.4) is 0 Å². The highest BCUT2D eigenvalue weighted by Crippen LogP contribution is 2.07. The van der Waals surface area contributed by atoms with Crippen LogP contribution >= 0.6 is 0 Å². The molecular weight excluding hydrogens is 208 g/mol. The third-order valence-corrected chi connectivity index (χ3v) is 2.06. The fourth-order valence-electron chi connectivity index (χ4n) is 1.00. The Labute approximate surface area is 94.2 Å². The van der Waals surface area contributed by atoms with Gasteiger partial charge in [-0.2, -0.15) is 0 Å². The number of nitrogens with two attached hydrogens (primary N) is 1. The summed E-state index contributed by atoms with van der Waals surface area (Å²) in [7, 11) is 0. The van der Waals surface area contributed by atoms with Crippen molar-refractivity contribution in [2.24, 2.45) is 5.73 Å². The van der Waals surface area contributed by atoms with Gasteiger partial charge in [-0.3, -0.25) is 0 Å². The second-order valence-electron chi connectivity index (χ2n) is 3.49. The highest BCUT2D eigenvalue weighted by molar-refractivity contribution is 5.70. The molecule has 0 heterocycles. The Balaban J connectivity index is 2.32. The Morgan fingerprint density at radius 2 is 2.12 bits per heavy atom. The van der Waals surface area contributed by atoms with E-state index in [1.165, 1.54) is 0 Å². The van der Waals surface area contributed by atoms with E-state index < -0.39 is 18.2 Å². The molecule has 0 aliphatic heterocycles. The van der Waals surface area contributed by atoms with Crippen LogP contribution in [0.25, 0.3) is 0 Å². The number of para-hydroxylation sites is 1. The molecule has 0 bridgehead atoms. The molecule has 0 aliphatic rings. The monoisotopic (exact) mass is 224 g/mol. The molecule has 1 amide bonds. The maximum absolute atomic E-state index is 11.3. The van der Waals surface area contributed by atoms with Gasteiger partial charge in [0.15, 0.2) is 0 Å². The topological polar surface area (TPSA) is 84.6 Å². The normalized spacial score (nSPS) is 13.9. The maximum atomic E-state index is 11.3. The molecule has 2 unspecified atom stereocenters. The molecule has 1 aromatic rings. The molecule has 0 aromatic heterocycles. The summed E-state index contributed by atoms with van der Waals surface area (Å²) in [6.45, 7) is 1.73. The van der Waals surface area contributed by atoms with Crippen LogP contribution in [0.2, 0.25) is 0 Å². The number of hydrogen-bond donors (Lipinski definition) is 3. The highest BCUT2D eigenvalue weighted by atomic mass is 16.6. The van der Waals surface area contributed by atoms with E-state index in [9.17, 15) is 4.79 Å². The van der Waals surface area contributed by atoms with Gasteiger partial charge in [0.2, 0.25) is 0 Å². The third kappa shape index (κ3) is 4.29. The zero-order chi connectivity index (χ0) is 12.0. The van der Waals surface area contributed by atoms with Crippen molar-refractivity contribution in [2.45, 2.75) is 19.1 Å². The molecule has 0 fully saturated rings. The number of ether oxygens (including phenoxy) is 1. The number of amides is 1. The van der Waals surface area contributed by atoms with Gasteiger partial charge in [0.05, 0.1) is 6.10 Å². The first kappa shape index (κ1) is 12.5. The zero-order valence-corrected chi connectivity index (χ0v) is 9.09. The number of hydrogen-bond acceptors (Lipinski definition) is 4. The van der Waals surface area contributed by atoms with Crippen LogP contribution in [0.4, 0.5) is 4.79 Å². The van der Waals surface area contributed by atoms with E-state index in [-0.39, 0.29) is 6.54 Å². The summed E-state index contributed by atoms with van der Waals surface area (Å²) in [5, 5.41) is 11.6. The summed E-state index contributed by atoms with van der Waals surface area (Å²) in [5.74, 6) is 0.464. The predicted molar refractivity (Wildman–Crippen MR) is 60.1 cm³/mol. The lowest BCUT2D eigenvalue weighted by Crippen LogP contribution is -2.44. The molecular formula is C11H16N2O3. The molecule has 2 atom stereocenters.